The van der Waals surface area contributed by atoms with Crippen molar-refractivity contribution < 1.29 is 9.53 Å². The van der Waals surface area contributed by atoms with Crippen molar-refractivity contribution >= 4 is 5.91 Å². The van der Waals surface area contributed by atoms with E-state index in [-0.39, 0.29) is 11.9 Å². The van der Waals surface area contributed by atoms with E-state index in [1.54, 1.807) is 0 Å². The standard InChI is InChI=1S/C12H22N2O2/c1-13-11-3-2-6-14(12(11)15)7-8-16-9-10-4-5-10/h10-11,13H,2-9H2,1H3. The van der Waals surface area contributed by atoms with Crippen molar-refractivity contribution in [2.75, 3.05) is 33.4 Å². The molecule has 0 bridgehead atoms. The molecule has 1 saturated carbocycles. The summed E-state index contributed by atoms with van der Waals surface area (Å²) < 4.78 is 5.56. The van der Waals surface area contributed by atoms with Crippen LogP contribution >= 0.6 is 0 Å². The summed E-state index contributed by atoms with van der Waals surface area (Å²) in [5, 5.41) is 3.07. The number of carbonyl (C=O) groups excluding carboxylic acids is 1. The van der Waals surface area contributed by atoms with Gasteiger partial charge in [-0.1, -0.05) is 0 Å². The molecule has 4 nitrogen and oxygen atoms in total. The molecule has 0 spiro atoms. The third-order valence-electron chi connectivity index (χ3n) is 3.44. The molecule has 1 unspecified atom stereocenters. The Morgan fingerprint density at radius 1 is 1.44 bits per heavy atom. The molecule has 2 aliphatic rings. The van der Waals surface area contributed by atoms with Crippen molar-refractivity contribution in [3.63, 3.8) is 0 Å². The van der Waals surface area contributed by atoms with Gasteiger partial charge in [0.25, 0.3) is 0 Å². The molecule has 0 aromatic heterocycles. The van der Waals surface area contributed by atoms with E-state index in [0.29, 0.717) is 6.61 Å². The van der Waals surface area contributed by atoms with Gasteiger partial charge in [0.15, 0.2) is 0 Å². The predicted molar refractivity (Wildman–Crippen MR) is 62.2 cm³/mol. The van der Waals surface area contributed by atoms with Crippen LogP contribution in [0.25, 0.3) is 0 Å². The minimum absolute atomic E-state index is 0.0252. The highest BCUT2D eigenvalue weighted by molar-refractivity contribution is 5.82. The zero-order valence-corrected chi connectivity index (χ0v) is 10.1. The van der Waals surface area contributed by atoms with Gasteiger partial charge in [0.1, 0.15) is 0 Å². The Kier molecular flexibility index (Phi) is 4.18. The molecule has 2 fully saturated rings. The zero-order chi connectivity index (χ0) is 11.4. The summed E-state index contributed by atoms with van der Waals surface area (Å²) in [6, 6.07) is 0.0252. The van der Waals surface area contributed by atoms with Crippen molar-refractivity contribution in [2.45, 2.75) is 31.7 Å². The first-order chi connectivity index (χ1) is 7.81. The van der Waals surface area contributed by atoms with Gasteiger partial charge >= 0.3 is 0 Å². The lowest BCUT2D eigenvalue weighted by Gasteiger charge is -2.32. The molecule has 1 N–H and O–H groups in total. The molecule has 1 heterocycles. The van der Waals surface area contributed by atoms with Gasteiger partial charge < -0.3 is 15.0 Å². The lowest BCUT2D eigenvalue weighted by Crippen LogP contribution is -2.50. The number of carbonyl (C=O) groups is 1. The topological polar surface area (TPSA) is 41.6 Å². The van der Waals surface area contributed by atoms with Crippen molar-refractivity contribution in [3.8, 4) is 0 Å². The molecule has 1 atom stereocenters. The van der Waals surface area contributed by atoms with Crippen LogP contribution in [-0.4, -0.2) is 50.2 Å². The third-order valence-corrected chi connectivity index (χ3v) is 3.44. The fraction of sp³-hybridized carbons (Fsp3) is 0.917. The number of amides is 1. The van der Waals surface area contributed by atoms with E-state index in [1.165, 1.54) is 12.8 Å². The smallest absolute Gasteiger partial charge is 0.239 e. The van der Waals surface area contributed by atoms with Gasteiger partial charge in [-0.25, -0.2) is 0 Å². The second kappa shape index (κ2) is 5.64. The lowest BCUT2D eigenvalue weighted by molar-refractivity contribution is -0.136. The SMILES string of the molecule is CNC1CCCN(CCOCC2CC2)C1=O. The summed E-state index contributed by atoms with van der Waals surface area (Å²) in [5.41, 5.74) is 0. The predicted octanol–water partition coefficient (Wildman–Crippen LogP) is 0.623. The molecule has 0 aromatic rings. The van der Waals surface area contributed by atoms with Crippen LogP contribution in [-0.2, 0) is 9.53 Å². The largest absolute Gasteiger partial charge is 0.379 e. The average Bonchev–Trinajstić information content (AvgIpc) is 3.10. The lowest BCUT2D eigenvalue weighted by atomic mass is 10.1. The van der Waals surface area contributed by atoms with Crippen LogP contribution < -0.4 is 5.32 Å². The summed E-state index contributed by atoms with van der Waals surface area (Å²) in [7, 11) is 1.86. The molecule has 2 rings (SSSR count). The number of hydrogen-bond donors (Lipinski definition) is 1. The Hall–Kier alpha value is -0.610. The maximum absolute atomic E-state index is 11.9. The molecular weight excluding hydrogens is 204 g/mol. The highest BCUT2D eigenvalue weighted by atomic mass is 16.5. The first-order valence-corrected chi connectivity index (χ1v) is 6.35. The van der Waals surface area contributed by atoms with Crippen LogP contribution in [0.2, 0.25) is 0 Å². The Morgan fingerprint density at radius 2 is 2.25 bits per heavy atom. The molecule has 16 heavy (non-hydrogen) atoms. The van der Waals surface area contributed by atoms with Crippen molar-refractivity contribution in [1.82, 2.24) is 10.2 Å². The van der Waals surface area contributed by atoms with Crippen LogP contribution in [0, 0.1) is 5.92 Å². The van der Waals surface area contributed by atoms with E-state index >= 15 is 0 Å². The number of likely N-dealkylation sites (N-methyl/N-ethyl adjacent to an activating group) is 1. The molecule has 1 amide bonds. The molecule has 92 valence electrons. The van der Waals surface area contributed by atoms with Gasteiger partial charge in [-0.3, -0.25) is 4.79 Å². The van der Waals surface area contributed by atoms with E-state index in [2.05, 4.69) is 5.32 Å². The summed E-state index contributed by atoms with van der Waals surface area (Å²) >= 11 is 0. The average molecular weight is 226 g/mol. The quantitative estimate of drug-likeness (QED) is 0.675. The molecule has 1 saturated heterocycles. The Balaban J connectivity index is 1.64. The molecule has 1 aliphatic carbocycles. The first kappa shape index (κ1) is 11.9. The summed E-state index contributed by atoms with van der Waals surface area (Å²) in [6.45, 7) is 3.23. The van der Waals surface area contributed by atoms with E-state index in [9.17, 15) is 4.79 Å². The second-order valence-electron chi connectivity index (χ2n) is 4.83. The van der Waals surface area contributed by atoms with E-state index < -0.39 is 0 Å². The number of nitrogens with one attached hydrogen (secondary N) is 1. The number of ether oxygens (including phenoxy) is 1. The monoisotopic (exact) mass is 226 g/mol. The van der Waals surface area contributed by atoms with Gasteiger partial charge in [-0.05, 0) is 38.6 Å². The fourth-order valence-electron chi connectivity index (χ4n) is 2.14. The maximum Gasteiger partial charge on any atom is 0.239 e. The van der Waals surface area contributed by atoms with Gasteiger partial charge in [-0.15, -0.1) is 0 Å². The summed E-state index contributed by atoms with van der Waals surface area (Å²) in [6.07, 6.45) is 4.71. The Morgan fingerprint density at radius 3 is 2.94 bits per heavy atom. The first-order valence-electron chi connectivity index (χ1n) is 6.35. The number of likely N-dealkylation sites (tertiary alicyclic amines) is 1. The highest BCUT2D eigenvalue weighted by Crippen LogP contribution is 2.28. The van der Waals surface area contributed by atoms with E-state index in [1.807, 2.05) is 11.9 Å². The van der Waals surface area contributed by atoms with E-state index in [0.717, 1.165) is 38.5 Å². The van der Waals surface area contributed by atoms with Crippen LogP contribution in [0.15, 0.2) is 0 Å². The third kappa shape index (κ3) is 3.19. The fourth-order valence-corrected chi connectivity index (χ4v) is 2.14. The van der Waals surface area contributed by atoms with E-state index in [4.69, 9.17) is 4.74 Å². The number of rotatable bonds is 6. The Labute approximate surface area is 97.3 Å². The normalized spacial score (nSPS) is 26.2. The minimum Gasteiger partial charge on any atom is -0.379 e. The van der Waals surface area contributed by atoms with Crippen molar-refractivity contribution in [2.24, 2.45) is 5.92 Å². The molecular formula is C12H22N2O2. The van der Waals surface area contributed by atoms with Crippen LogP contribution in [0.3, 0.4) is 0 Å². The second-order valence-corrected chi connectivity index (χ2v) is 4.83. The highest BCUT2D eigenvalue weighted by Gasteiger charge is 2.27. The van der Waals surface area contributed by atoms with Gasteiger partial charge in [0, 0.05) is 19.7 Å². The molecule has 0 radical (unpaired) electrons. The summed E-state index contributed by atoms with van der Waals surface area (Å²) in [5.74, 6) is 1.05. The zero-order valence-electron chi connectivity index (χ0n) is 10.1. The number of hydrogen-bond acceptors (Lipinski definition) is 3. The number of piperidine rings is 1. The van der Waals surface area contributed by atoms with Gasteiger partial charge in [0.05, 0.1) is 12.6 Å². The van der Waals surface area contributed by atoms with Crippen molar-refractivity contribution in [3.05, 3.63) is 0 Å². The van der Waals surface area contributed by atoms with Crippen molar-refractivity contribution in [1.29, 1.82) is 0 Å². The molecule has 0 aromatic carbocycles. The van der Waals surface area contributed by atoms with Crippen LogP contribution in [0.1, 0.15) is 25.7 Å². The Bertz CT molecular complexity index is 241. The van der Waals surface area contributed by atoms with Crippen LogP contribution in [0.5, 0.6) is 0 Å². The van der Waals surface area contributed by atoms with Gasteiger partial charge in [0.2, 0.25) is 5.91 Å². The van der Waals surface area contributed by atoms with Crippen LogP contribution in [0.4, 0.5) is 0 Å². The number of nitrogens with zero attached hydrogens (tertiary/aromatic N) is 1. The summed E-state index contributed by atoms with van der Waals surface area (Å²) in [4.78, 5) is 13.8. The minimum atomic E-state index is 0.0252. The molecule has 1 aliphatic heterocycles. The maximum atomic E-state index is 11.9. The van der Waals surface area contributed by atoms with Gasteiger partial charge in [-0.2, -0.15) is 0 Å². The molecule has 4 heteroatoms.